The van der Waals surface area contributed by atoms with E-state index in [0.717, 1.165) is 19.5 Å². The number of hydrogen-bond acceptors (Lipinski definition) is 2. The largest absolute Gasteiger partial charge is 0.376 e. The number of nitrogens with one attached hydrogen (secondary N) is 1. The Morgan fingerprint density at radius 1 is 1.36 bits per heavy atom. The number of hydrogen-bond donors (Lipinski definition) is 1. The zero-order valence-electron chi connectivity index (χ0n) is 8.03. The van der Waals surface area contributed by atoms with Gasteiger partial charge in [0.25, 0.3) is 0 Å². The lowest BCUT2D eigenvalue weighted by Gasteiger charge is -2.39. The van der Waals surface area contributed by atoms with Crippen LogP contribution in [0.3, 0.4) is 0 Å². The smallest absolute Gasteiger partial charge is 0.0862 e. The van der Waals surface area contributed by atoms with Gasteiger partial charge in [0.15, 0.2) is 0 Å². The van der Waals surface area contributed by atoms with Crippen LogP contribution in [0.15, 0.2) is 0 Å². The fourth-order valence-electron chi connectivity index (χ4n) is 1.79. The lowest BCUT2D eigenvalue weighted by Crippen LogP contribution is -2.46. The van der Waals surface area contributed by atoms with Crippen LogP contribution >= 0.6 is 0 Å². The molecule has 2 nitrogen and oxygen atoms in total. The number of rotatable bonds is 1. The summed E-state index contributed by atoms with van der Waals surface area (Å²) in [6.07, 6.45) is 1.13. The molecule has 0 bridgehead atoms. The summed E-state index contributed by atoms with van der Waals surface area (Å²) in [6, 6.07) is 0. The monoisotopic (exact) mass is 157 g/mol. The van der Waals surface area contributed by atoms with Gasteiger partial charge in [-0.2, -0.15) is 0 Å². The fourth-order valence-corrected chi connectivity index (χ4v) is 1.79. The van der Waals surface area contributed by atoms with Crippen molar-refractivity contribution in [2.75, 3.05) is 20.2 Å². The van der Waals surface area contributed by atoms with Gasteiger partial charge in [-0.05, 0) is 18.4 Å². The second-order valence-electron chi connectivity index (χ2n) is 4.38. The van der Waals surface area contributed by atoms with Crippen LogP contribution in [0.1, 0.15) is 27.2 Å². The van der Waals surface area contributed by atoms with E-state index in [0.29, 0.717) is 0 Å². The van der Waals surface area contributed by atoms with Gasteiger partial charge in [-0.3, -0.25) is 0 Å². The lowest BCUT2D eigenvalue weighted by atomic mass is 9.76. The van der Waals surface area contributed by atoms with Crippen molar-refractivity contribution in [2.45, 2.75) is 32.8 Å². The summed E-state index contributed by atoms with van der Waals surface area (Å²) >= 11 is 0. The first-order valence-electron chi connectivity index (χ1n) is 4.28. The van der Waals surface area contributed by atoms with Gasteiger partial charge in [-0.25, -0.2) is 0 Å². The van der Waals surface area contributed by atoms with E-state index in [-0.39, 0.29) is 11.0 Å². The van der Waals surface area contributed by atoms with E-state index in [2.05, 4.69) is 26.1 Å². The third-order valence-corrected chi connectivity index (χ3v) is 2.87. The molecular formula is C9H19NO. The molecule has 1 heterocycles. The average molecular weight is 157 g/mol. The maximum atomic E-state index is 5.60. The third-order valence-electron chi connectivity index (χ3n) is 2.87. The van der Waals surface area contributed by atoms with E-state index in [1.165, 1.54) is 0 Å². The highest BCUT2D eigenvalue weighted by atomic mass is 16.5. The van der Waals surface area contributed by atoms with Gasteiger partial charge in [-0.1, -0.05) is 20.8 Å². The Labute approximate surface area is 69.3 Å². The third kappa shape index (κ3) is 1.42. The molecule has 1 N–H and O–H groups in total. The van der Waals surface area contributed by atoms with Crippen molar-refractivity contribution in [2.24, 2.45) is 5.41 Å². The van der Waals surface area contributed by atoms with Gasteiger partial charge < -0.3 is 10.1 Å². The minimum Gasteiger partial charge on any atom is -0.376 e. The Hall–Kier alpha value is -0.0800. The van der Waals surface area contributed by atoms with Crippen LogP contribution in [0, 0.1) is 5.41 Å². The predicted octanol–water partition coefficient (Wildman–Crippen LogP) is 1.41. The molecule has 0 amide bonds. The molecule has 0 aromatic carbocycles. The summed E-state index contributed by atoms with van der Waals surface area (Å²) in [5.41, 5.74) is 0.304. The van der Waals surface area contributed by atoms with Gasteiger partial charge in [0.2, 0.25) is 0 Å². The average Bonchev–Trinajstić information content (AvgIpc) is 2.33. The molecule has 1 fully saturated rings. The SMILES string of the molecule is COC1(C(C)(C)C)CCNC1. The molecule has 0 aliphatic carbocycles. The van der Waals surface area contributed by atoms with Gasteiger partial charge >= 0.3 is 0 Å². The highest BCUT2D eigenvalue weighted by Gasteiger charge is 2.44. The van der Waals surface area contributed by atoms with Gasteiger partial charge in [0.1, 0.15) is 0 Å². The minimum atomic E-state index is 0.0625. The van der Waals surface area contributed by atoms with Crippen LogP contribution in [0.5, 0.6) is 0 Å². The van der Waals surface area contributed by atoms with Crippen LogP contribution in [-0.2, 0) is 4.74 Å². The van der Waals surface area contributed by atoms with Crippen molar-refractivity contribution in [3.05, 3.63) is 0 Å². The van der Waals surface area contributed by atoms with E-state index >= 15 is 0 Å². The Bertz CT molecular complexity index is 131. The Morgan fingerprint density at radius 3 is 2.18 bits per heavy atom. The highest BCUT2D eigenvalue weighted by Crippen LogP contribution is 2.37. The first kappa shape index (κ1) is 9.01. The zero-order chi connectivity index (χ0) is 8.54. The molecule has 11 heavy (non-hydrogen) atoms. The highest BCUT2D eigenvalue weighted by molar-refractivity contribution is 4.98. The molecule has 1 rings (SSSR count). The second kappa shape index (κ2) is 2.76. The molecule has 0 radical (unpaired) electrons. The summed E-state index contributed by atoms with van der Waals surface area (Å²) in [5.74, 6) is 0. The van der Waals surface area contributed by atoms with Crippen molar-refractivity contribution >= 4 is 0 Å². The van der Waals surface area contributed by atoms with Crippen molar-refractivity contribution in [3.63, 3.8) is 0 Å². The Morgan fingerprint density at radius 2 is 2.00 bits per heavy atom. The summed E-state index contributed by atoms with van der Waals surface area (Å²) in [6.45, 7) is 8.80. The topological polar surface area (TPSA) is 21.3 Å². The lowest BCUT2D eigenvalue weighted by molar-refractivity contribution is -0.0756. The van der Waals surface area contributed by atoms with E-state index in [1.54, 1.807) is 0 Å². The first-order valence-corrected chi connectivity index (χ1v) is 4.28. The molecule has 2 heteroatoms. The van der Waals surface area contributed by atoms with Crippen LogP contribution < -0.4 is 5.32 Å². The normalized spacial score (nSPS) is 32.7. The maximum Gasteiger partial charge on any atom is 0.0862 e. The quantitative estimate of drug-likeness (QED) is 0.621. The standard InChI is InChI=1S/C9H19NO/c1-8(2,3)9(11-4)5-6-10-7-9/h10H,5-7H2,1-4H3. The molecule has 0 spiro atoms. The molecule has 1 unspecified atom stereocenters. The molecule has 1 saturated heterocycles. The molecule has 0 aromatic rings. The van der Waals surface area contributed by atoms with E-state index in [4.69, 9.17) is 4.74 Å². The van der Waals surface area contributed by atoms with E-state index in [9.17, 15) is 0 Å². The van der Waals surface area contributed by atoms with Gasteiger partial charge in [-0.15, -0.1) is 0 Å². The van der Waals surface area contributed by atoms with Crippen LogP contribution in [-0.4, -0.2) is 25.8 Å². The van der Waals surface area contributed by atoms with Crippen molar-refractivity contribution in [3.8, 4) is 0 Å². The summed E-state index contributed by atoms with van der Waals surface area (Å²) < 4.78 is 5.60. The second-order valence-corrected chi connectivity index (χ2v) is 4.38. The molecule has 66 valence electrons. The van der Waals surface area contributed by atoms with Crippen molar-refractivity contribution in [1.82, 2.24) is 5.32 Å². The van der Waals surface area contributed by atoms with Crippen LogP contribution in [0.2, 0.25) is 0 Å². The van der Waals surface area contributed by atoms with Crippen LogP contribution in [0.4, 0.5) is 0 Å². The van der Waals surface area contributed by atoms with E-state index < -0.39 is 0 Å². The van der Waals surface area contributed by atoms with Gasteiger partial charge in [0.05, 0.1) is 5.60 Å². The molecular weight excluding hydrogens is 138 g/mol. The molecule has 0 aromatic heterocycles. The number of methoxy groups -OCH3 is 1. The molecule has 1 aliphatic rings. The summed E-state index contributed by atoms with van der Waals surface area (Å²) in [4.78, 5) is 0. The maximum absolute atomic E-state index is 5.60. The van der Waals surface area contributed by atoms with Gasteiger partial charge in [0, 0.05) is 13.7 Å². The van der Waals surface area contributed by atoms with Crippen molar-refractivity contribution in [1.29, 1.82) is 0 Å². The zero-order valence-corrected chi connectivity index (χ0v) is 8.03. The molecule has 1 aliphatic heterocycles. The van der Waals surface area contributed by atoms with Crippen LogP contribution in [0.25, 0.3) is 0 Å². The molecule has 0 saturated carbocycles. The van der Waals surface area contributed by atoms with E-state index in [1.807, 2.05) is 7.11 Å². The first-order chi connectivity index (χ1) is 5.02. The summed E-state index contributed by atoms with van der Waals surface area (Å²) in [7, 11) is 1.82. The van der Waals surface area contributed by atoms with Crippen molar-refractivity contribution < 1.29 is 4.74 Å². The Kier molecular flexibility index (Phi) is 2.26. The Balaban J connectivity index is 2.75. The predicted molar refractivity (Wildman–Crippen MR) is 46.7 cm³/mol. The fraction of sp³-hybridized carbons (Fsp3) is 1.00. The number of ether oxygens (including phenoxy) is 1. The minimum absolute atomic E-state index is 0.0625. The molecule has 1 atom stereocenters. The summed E-state index contributed by atoms with van der Waals surface area (Å²) in [5, 5.41) is 3.35.